The highest BCUT2D eigenvalue weighted by molar-refractivity contribution is 6.15. The number of nitrogens with one attached hydrogen (secondary N) is 1. The lowest BCUT2D eigenvalue weighted by molar-refractivity contribution is -0.384. The number of nitrogens with zero attached hydrogens (tertiary/aromatic N) is 2. The van der Waals surface area contributed by atoms with Crippen molar-refractivity contribution in [1.82, 2.24) is 5.32 Å². The van der Waals surface area contributed by atoms with Crippen LogP contribution in [0, 0.1) is 10.1 Å². The predicted molar refractivity (Wildman–Crippen MR) is 99.9 cm³/mol. The van der Waals surface area contributed by atoms with E-state index in [0.29, 0.717) is 5.69 Å². The van der Waals surface area contributed by atoms with Crippen molar-refractivity contribution in [2.75, 3.05) is 19.0 Å². The fourth-order valence-electron chi connectivity index (χ4n) is 2.56. The van der Waals surface area contributed by atoms with Gasteiger partial charge in [0.15, 0.2) is 5.78 Å². The van der Waals surface area contributed by atoms with Gasteiger partial charge in [-0.2, -0.15) is 0 Å². The van der Waals surface area contributed by atoms with E-state index in [4.69, 9.17) is 0 Å². The highest BCUT2D eigenvalue weighted by atomic mass is 16.6. The molecule has 0 aliphatic heterocycles. The van der Waals surface area contributed by atoms with Gasteiger partial charge in [0.2, 0.25) is 0 Å². The molecule has 0 aromatic heterocycles. The standard InChI is InChI=1S/C19H21N3O4/c1-12(2)20-19(24)15-8-6-5-7-14(15)18(23)13-9-10-16(21(3)4)17(11-13)22(25)26/h5-12H,1-4H3,(H,20,24). The quantitative estimate of drug-likeness (QED) is 0.488. The summed E-state index contributed by atoms with van der Waals surface area (Å²) >= 11 is 0. The summed E-state index contributed by atoms with van der Waals surface area (Å²) in [6, 6.07) is 10.7. The number of carbonyl (C=O) groups is 2. The van der Waals surface area contributed by atoms with Gasteiger partial charge in [-0.15, -0.1) is 0 Å². The van der Waals surface area contributed by atoms with Crippen LogP contribution in [0.25, 0.3) is 0 Å². The third kappa shape index (κ3) is 4.05. The van der Waals surface area contributed by atoms with Gasteiger partial charge in [0.1, 0.15) is 5.69 Å². The van der Waals surface area contributed by atoms with Crippen molar-refractivity contribution < 1.29 is 14.5 Å². The normalized spacial score (nSPS) is 10.5. The summed E-state index contributed by atoms with van der Waals surface area (Å²) in [6.45, 7) is 3.65. The molecular formula is C19H21N3O4. The monoisotopic (exact) mass is 355 g/mol. The van der Waals surface area contributed by atoms with Gasteiger partial charge in [0.05, 0.1) is 10.5 Å². The van der Waals surface area contributed by atoms with E-state index >= 15 is 0 Å². The highest BCUT2D eigenvalue weighted by Gasteiger charge is 2.22. The molecule has 0 saturated heterocycles. The number of hydrogen-bond donors (Lipinski definition) is 1. The molecule has 136 valence electrons. The first-order chi connectivity index (χ1) is 12.2. The molecule has 0 bridgehead atoms. The topological polar surface area (TPSA) is 92.6 Å². The molecule has 26 heavy (non-hydrogen) atoms. The molecule has 0 spiro atoms. The lowest BCUT2D eigenvalue weighted by Gasteiger charge is -2.14. The second kappa shape index (κ2) is 7.77. The average molecular weight is 355 g/mol. The van der Waals surface area contributed by atoms with Gasteiger partial charge in [0, 0.05) is 37.3 Å². The fraction of sp³-hybridized carbons (Fsp3) is 0.263. The first kappa shape index (κ1) is 19.1. The van der Waals surface area contributed by atoms with Crippen molar-refractivity contribution in [1.29, 1.82) is 0 Å². The van der Waals surface area contributed by atoms with Gasteiger partial charge >= 0.3 is 0 Å². The number of hydrogen-bond acceptors (Lipinski definition) is 5. The van der Waals surface area contributed by atoms with Crippen LogP contribution in [0.2, 0.25) is 0 Å². The van der Waals surface area contributed by atoms with Crippen molar-refractivity contribution in [3.63, 3.8) is 0 Å². The number of benzene rings is 2. The Morgan fingerprint density at radius 1 is 1.08 bits per heavy atom. The summed E-state index contributed by atoms with van der Waals surface area (Å²) in [6.07, 6.45) is 0. The van der Waals surface area contributed by atoms with Gasteiger partial charge in [-0.05, 0) is 32.0 Å². The zero-order chi connectivity index (χ0) is 19.4. The van der Waals surface area contributed by atoms with E-state index in [1.807, 2.05) is 13.8 Å². The van der Waals surface area contributed by atoms with Crippen LogP contribution in [0.3, 0.4) is 0 Å². The Kier molecular flexibility index (Phi) is 5.71. The molecule has 2 aromatic rings. The van der Waals surface area contributed by atoms with Crippen LogP contribution in [0.4, 0.5) is 11.4 Å². The SMILES string of the molecule is CC(C)NC(=O)c1ccccc1C(=O)c1ccc(N(C)C)c([N+](=O)[O-])c1. The molecular weight excluding hydrogens is 334 g/mol. The molecule has 0 saturated carbocycles. The number of ketones is 1. The molecule has 0 radical (unpaired) electrons. The zero-order valence-electron chi connectivity index (χ0n) is 15.1. The molecule has 0 aliphatic rings. The van der Waals surface area contributed by atoms with Crippen LogP contribution in [0.15, 0.2) is 42.5 Å². The number of anilines is 1. The minimum atomic E-state index is -0.524. The van der Waals surface area contributed by atoms with E-state index in [9.17, 15) is 19.7 Å². The van der Waals surface area contributed by atoms with Gasteiger partial charge in [0.25, 0.3) is 11.6 Å². The summed E-state index contributed by atoms with van der Waals surface area (Å²) in [5, 5.41) is 14.1. The summed E-state index contributed by atoms with van der Waals surface area (Å²) in [7, 11) is 3.38. The fourth-order valence-corrected chi connectivity index (χ4v) is 2.56. The number of rotatable bonds is 6. The van der Waals surface area contributed by atoms with E-state index in [2.05, 4.69) is 5.32 Å². The van der Waals surface area contributed by atoms with Crippen LogP contribution in [0.5, 0.6) is 0 Å². The minimum Gasteiger partial charge on any atom is -0.372 e. The lowest BCUT2D eigenvalue weighted by atomic mass is 9.97. The molecule has 0 unspecified atom stereocenters. The van der Waals surface area contributed by atoms with E-state index in [1.54, 1.807) is 43.3 Å². The Bertz CT molecular complexity index is 860. The molecule has 2 rings (SSSR count). The van der Waals surface area contributed by atoms with Crippen molar-refractivity contribution in [3.05, 3.63) is 69.3 Å². The minimum absolute atomic E-state index is 0.0777. The van der Waals surface area contributed by atoms with Crippen molar-refractivity contribution >= 4 is 23.1 Å². The number of nitro benzene ring substituents is 1. The first-order valence-corrected chi connectivity index (χ1v) is 8.12. The van der Waals surface area contributed by atoms with Gasteiger partial charge in [-0.3, -0.25) is 19.7 Å². The van der Waals surface area contributed by atoms with Crippen LogP contribution < -0.4 is 10.2 Å². The van der Waals surface area contributed by atoms with Crippen LogP contribution in [-0.2, 0) is 0 Å². The Labute approximate surface area is 151 Å². The molecule has 0 heterocycles. The molecule has 1 amide bonds. The molecule has 7 nitrogen and oxygen atoms in total. The van der Waals surface area contributed by atoms with E-state index in [0.717, 1.165) is 0 Å². The molecule has 2 aromatic carbocycles. The maximum atomic E-state index is 12.9. The van der Waals surface area contributed by atoms with Crippen LogP contribution in [-0.4, -0.2) is 36.8 Å². The molecule has 1 N–H and O–H groups in total. The summed E-state index contributed by atoms with van der Waals surface area (Å²) in [5.74, 6) is -0.795. The smallest absolute Gasteiger partial charge is 0.293 e. The van der Waals surface area contributed by atoms with Crippen molar-refractivity contribution in [2.24, 2.45) is 0 Å². The first-order valence-electron chi connectivity index (χ1n) is 8.12. The second-order valence-corrected chi connectivity index (χ2v) is 6.36. The maximum absolute atomic E-state index is 12.9. The summed E-state index contributed by atoms with van der Waals surface area (Å²) in [4.78, 5) is 37.7. The van der Waals surface area contributed by atoms with Crippen LogP contribution in [0.1, 0.15) is 40.1 Å². The Morgan fingerprint density at radius 3 is 2.23 bits per heavy atom. The Hall–Kier alpha value is -3.22. The third-order valence-corrected chi connectivity index (χ3v) is 3.75. The van der Waals surface area contributed by atoms with E-state index in [1.165, 1.54) is 18.2 Å². The van der Waals surface area contributed by atoms with E-state index < -0.39 is 10.7 Å². The second-order valence-electron chi connectivity index (χ2n) is 6.36. The lowest BCUT2D eigenvalue weighted by Crippen LogP contribution is -2.31. The Balaban J connectivity index is 2.49. The molecule has 0 aliphatic carbocycles. The van der Waals surface area contributed by atoms with Gasteiger partial charge in [-0.25, -0.2) is 0 Å². The number of amides is 1. The van der Waals surface area contributed by atoms with Gasteiger partial charge in [-0.1, -0.05) is 18.2 Å². The summed E-state index contributed by atoms with van der Waals surface area (Å²) in [5.41, 5.74) is 0.845. The molecule has 7 heteroatoms. The molecule has 0 fully saturated rings. The number of carbonyl (C=O) groups excluding carboxylic acids is 2. The van der Waals surface area contributed by atoms with Crippen LogP contribution >= 0.6 is 0 Å². The van der Waals surface area contributed by atoms with E-state index in [-0.39, 0.29) is 34.3 Å². The third-order valence-electron chi connectivity index (χ3n) is 3.75. The van der Waals surface area contributed by atoms with Crippen molar-refractivity contribution in [3.8, 4) is 0 Å². The maximum Gasteiger partial charge on any atom is 0.293 e. The largest absolute Gasteiger partial charge is 0.372 e. The summed E-state index contributed by atoms with van der Waals surface area (Å²) < 4.78 is 0. The Morgan fingerprint density at radius 2 is 1.69 bits per heavy atom. The number of nitro groups is 1. The molecule has 0 atom stereocenters. The predicted octanol–water partition coefficient (Wildman–Crippen LogP) is 3.03. The zero-order valence-corrected chi connectivity index (χ0v) is 15.1. The highest BCUT2D eigenvalue weighted by Crippen LogP contribution is 2.29. The average Bonchev–Trinajstić information content (AvgIpc) is 2.59. The van der Waals surface area contributed by atoms with Gasteiger partial charge < -0.3 is 10.2 Å². The van der Waals surface area contributed by atoms with Crippen molar-refractivity contribution in [2.45, 2.75) is 19.9 Å².